The summed E-state index contributed by atoms with van der Waals surface area (Å²) >= 11 is 0. The molecule has 2 aliphatic rings. The van der Waals surface area contributed by atoms with Crippen LogP contribution in [0.4, 0.5) is 0 Å². The van der Waals surface area contributed by atoms with E-state index in [1.165, 1.54) is 4.31 Å². The first-order valence-corrected chi connectivity index (χ1v) is 7.62. The lowest BCUT2D eigenvalue weighted by molar-refractivity contribution is 0.0722. The van der Waals surface area contributed by atoms with Gasteiger partial charge in [-0.3, -0.25) is 0 Å². The molecular formula is C10H21N3O3S. The average Bonchev–Trinajstić information content (AvgIpc) is 2.33. The van der Waals surface area contributed by atoms with Crippen LogP contribution in [-0.4, -0.2) is 51.1 Å². The maximum absolute atomic E-state index is 12.1. The highest BCUT2D eigenvalue weighted by atomic mass is 32.2. The predicted octanol–water partition coefficient (Wildman–Crippen LogP) is -0.577. The number of hydrogen-bond acceptors (Lipinski definition) is 4. The Morgan fingerprint density at radius 1 is 1.12 bits per heavy atom. The Bertz CT molecular complexity index is 333. The Hall–Kier alpha value is -0.210. The second-order valence-corrected chi connectivity index (χ2v) is 6.45. The third-order valence-electron chi connectivity index (χ3n) is 3.40. The molecule has 0 spiro atoms. The lowest BCUT2D eigenvalue weighted by Gasteiger charge is -2.31. The fourth-order valence-corrected chi connectivity index (χ4v) is 3.74. The van der Waals surface area contributed by atoms with Gasteiger partial charge < -0.3 is 10.5 Å². The van der Waals surface area contributed by atoms with Crippen LogP contribution >= 0.6 is 0 Å². The van der Waals surface area contributed by atoms with E-state index in [0.29, 0.717) is 26.3 Å². The van der Waals surface area contributed by atoms with Gasteiger partial charge in [0, 0.05) is 25.2 Å². The smallest absolute Gasteiger partial charge is 0.279 e. The van der Waals surface area contributed by atoms with Crippen LogP contribution in [0.5, 0.6) is 0 Å². The van der Waals surface area contributed by atoms with E-state index < -0.39 is 10.2 Å². The highest BCUT2D eigenvalue weighted by molar-refractivity contribution is 7.87. The van der Waals surface area contributed by atoms with E-state index >= 15 is 0 Å². The van der Waals surface area contributed by atoms with Gasteiger partial charge in [0.05, 0.1) is 13.2 Å². The van der Waals surface area contributed by atoms with Gasteiger partial charge in [-0.2, -0.15) is 17.4 Å². The highest BCUT2D eigenvalue weighted by Gasteiger charge is 2.28. The molecule has 1 aliphatic heterocycles. The van der Waals surface area contributed by atoms with Crippen molar-refractivity contribution in [2.75, 3.05) is 26.3 Å². The van der Waals surface area contributed by atoms with E-state index in [4.69, 9.17) is 10.5 Å². The van der Waals surface area contributed by atoms with Crippen molar-refractivity contribution in [2.24, 2.45) is 5.73 Å². The zero-order valence-electron chi connectivity index (χ0n) is 9.97. The molecule has 0 unspecified atom stereocenters. The number of nitrogens with zero attached hydrogens (tertiary/aromatic N) is 1. The van der Waals surface area contributed by atoms with Gasteiger partial charge in [-0.15, -0.1) is 0 Å². The van der Waals surface area contributed by atoms with E-state index in [2.05, 4.69) is 4.72 Å². The number of hydrogen-bond donors (Lipinski definition) is 2. The summed E-state index contributed by atoms with van der Waals surface area (Å²) in [5, 5.41) is 0. The number of morpholine rings is 1. The predicted molar refractivity (Wildman–Crippen MR) is 64.7 cm³/mol. The topological polar surface area (TPSA) is 84.7 Å². The minimum Gasteiger partial charge on any atom is -0.379 e. The van der Waals surface area contributed by atoms with E-state index in [1.807, 2.05) is 0 Å². The summed E-state index contributed by atoms with van der Waals surface area (Å²) in [6.07, 6.45) is 3.47. The summed E-state index contributed by atoms with van der Waals surface area (Å²) in [5.74, 6) is 0. The number of rotatable bonds is 3. The molecule has 0 amide bonds. The molecule has 7 heteroatoms. The highest BCUT2D eigenvalue weighted by Crippen LogP contribution is 2.18. The second-order valence-electron chi connectivity index (χ2n) is 4.75. The van der Waals surface area contributed by atoms with Crippen molar-refractivity contribution >= 4 is 10.2 Å². The molecule has 1 heterocycles. The summed E-state index contributed by atoms with van der Waals surface area (Å²) in [4.78, 5) is 0. The van der Waals surface area contributed by atoms with Gasteiger partial charge in [-0.25, -0.2) is 0 Å². The Kier molecular flexibility index (Phi) is 4.37. The molecule has 2 fully saturated rings. The van der Waals surface area contributed by atoms with Crippen LogP contribution < -0.4 is 10.5 Å². The van der Waals surface area contributed by atoms with Gasteiger partial charge in [0.2, 0.25) is 0 Å². The van der Waals surface area contributed by atoms with Crippen LogP contribution in [0.2, 0.25) is 0 Å². The molecule has 0 bridgehead atoms. The largest absolute Gasteiger partial charge is 0.379 e. The molecular weight excluding hydrogens is 242 g/mol. The standard InChI is InChI=1S/C10H21N3O3S/c11-9-1-3-10(4-2-9)12-17(14,15)13-5-7-16-8-6-13/h9-10,12H,1-8,11H2/t9-,10-. The van der Waals surface area contributed by atoms with Crippen LogP contribution in [0.15, 0.2) is 0 Å². The fraction of sp³-hybridized carbons (Fsp3) is 1.00. The number of ether oxygens (including phenoxy) is 1. The van der Waals surface area contributed by atoms with Gasteiger partial charge in [0.1, 0.15) is 0 Å². The minimum absolute atomic E-state index is 0.0441. The summed E-state index contributed by atoms with van der Waals surface area (Å²) in [5.41, 5.74) is 5.80. The zero-order chi connectivity index (χ0) is 12.3. The first kappa shape index (κ1) is 13.2. The van der Waals surface area contributed by atoms with E-state index in [1.54, 1.807) is 0 Å². The third-order valence-corrected chi connectivity index (χ3v) is 5.07. The van der Waals surface area contributed by atoms with Crippen molar-refractivity contribution < 1.29 is 13.2 Å². The third kappa shape index (κ3) is 3.62. The minimum atomic E-state index is -3.34. The van der Waals surface area contributed by atoms with Crippen LogP contribution in [0.25, 0.3) is 0 Å². The van der Waals surface area contributed by atoms with Crippen molar-refractivity contribution in [1.82, 2.24) is 9.03 Å². The van der Waals surface area contributed by atoms with Gasteiger partial charge in [-0.1, -0.05) is 0 Å². The van der Waals surface area contributed by atoms with Gasteiger partial charge in [0.15, 0.2) is 0 Å². The van der Waals surface area contributed by atoms with Gasteiger partial charge in [0.25, 0.3) is 10.2 Å². The molecule has 1 saturated heterocycles. The van der Waals surface area contributed by atoms with E-state index in [9.17, 15) is 8.42 Å². The Balaban J connectivity index is 1.88. The molecule has 17 heavy (non-hydrogen) atoms. The van der Waals surface area contributed by atoms with E-state index in [-0.39, 0.29) is 12.1 Å². The number of nitrogens with one attached hydrogen (secondary N) is 1. The van der Waals surface area contributed by atoms with E-state index in [0.717, 1.165) is 25.7 Å². The lowest BCUT2D eigenvalue weighted by Crippen LogP contribution is -2.50. The van der Waals surface area contributed by atoms with Crippen LogP contribution in [0, 0.1) is 0 Å². The molecule has 1 saturated carbocycles. The summed E-state index contributed by atoms with van der Waals surface area (Å²) in [7, 11) is -3.34. The molecule has 0 aromatic rings. The normalized spacial score (nSPS) is 32.5. The SMILES string of the molecule is N[C@H]1CC[C@H](NS(=O)(=O)N2CCOCC2)CC1. The quantitative estimate of drug-likeness (QED) is 0.713. The zero-order valence-corrected chi connectivity index (χ0v) is 10.8. The van der Waals surface area contributed by atoms with Crippen LogP contribution in [-0.2, 0) is 14.9 Å². The maximum Gasteiger partial charge on any atom is 0.279 e. The fourth-order valence-electron chi connectivity index (χ4n) is 2.31. The molecule has 0 atom stereocenters. The lowest BCUT2D eigenvalue weighted by atomic mass is 9.93. The molecule has 6 nitrogen and oxygen atoms in total. The van der Waals surface area contributed by atoms with Crippen molar-refractivity contribution in [2.45, 2.75) is 37.8 Å². The Morgan fingerprint density at radius 3 is 2.29 bits per heavy atom. The average molecular weight is 263 g/mol. The maximum atomic E-state index is 12.1. The first-order chi connectivity index (χ1) is 8.08. The summed E-state index contributed by atoms with van der Waals surface area (Å²) < 4.78 is 33.5. The first-order valence-electron chi connectivity index (χ1n) is 6.18. The summed E-state index contributed by atoms with van der Waals surface area (Å²) in [6.45, 7) is 1.86. The van der Waals surface area contributed by atoms with Crippen molar-refractivity contribution in [3.8, 4) is 0 Å². The van der Waals surface area contributed by atoms with Gasteiger partial charge in [-0.05, 0) is 25.7 Å². The van der Waals surface area contributed by atoms with Crippen LogP contribution in [0.1, 0.15) is 25.7 Å². The molecule has 2 rings (SSSR count). The molecule has 100 valence electrons. The molecule has 0 aromatic heterocycles. The molecule has 1 aliphatic carbocycles. The summed E-state index contributed by atoms with van der Waals surface area (Å²) in [6, 6.07) is 0.279. The van der Waals surface area contributed by atoms with Crippen LogP contribution in [0.3, 0.4) is 0 Å². The second kappa shape index (κ2) is 5.62. The Labute approximate surface area is 103 Å². The Morgan fingerprint density at radius 2 is 1.71 bits per heavy atom. The molecule has 3 N–H and O–H groups in total. The number of nitrogens with two attached hydrogens (primary N) is 1. The van der Waals surface area contributed by atoms with Crippen molar-refractivity contribution in [3.63, 3.8) is 0 Å². The van der Waals surface area contributed by atoms with Crippen molar-refractivity contribution in [1.29, 1.82) is 0 Å². The molecule has 0 radical (unpaired) electrons. The monoisotopic (exact) mass is 263 g/mol. The molecule has 0 aromatic carbocycles. The van der Waals surface area contributed by atoms with Gasteiger partial charge >= 0.3 is 0 Å². The van der Waals surface area contributed by atoms with Crippen molar-refractivity contribution in [3.05, 3.63) is 0 Å².